The molecular formula is C22H26BrFN2O2. The van der Waals surface area contributed by atoms with Gasteiger partial charge in [-0.15, -0.1) is 0 Å². The van der Waals surface area contributed by atoms with Gasteiger partial charge in [-0.3, -0.25) is 9.69 Å². The third-order valence-electron chi connectivity index (χ3n) is 5.11. The van der Waals surface area contributed by atoms with Gasteiger partial charge in [0, 0.05) is 30.0 Å². The summed E-state index contributed by atoms with van der Waals surface area (Å²) >= 11 is 3.43. The van der Waals surface area contributed by atoms with Crippen molar-refractivity contribution in [2.45, 2.75) is 38.5 Å². The van der Waals surface area contributed by atoms with E-state index in [1.54, 1.807) is 12.1 Å². The van der Waals surface area contributed by atoms with Crippen molar-refractivity contribution in [1.29, 1.82) is 0 Å². The fraction of sp³-hybridized carbons (Fsp3) is 0.409. The third-order valence-corrected chi connectivity index (χ3v) is 5.64. The molecule has 3 rings (SSSR count). The lowest BCUT2D eigenvalue weighted by molar-refractivity contribution is -0.128. The van der Waals surface area contributed by atoms with Crippen LogP contribution in [0.3, 0.4) is 0 Å². The summed E-state index contributed by atoms with van der Waals surface area (Å²) in [5.41, 5.74) is 1.91. The predicted octanol–water partition coefficient (Wildman–Crippen LogP) is 3.69. The fourth-order valence-electron chi connectivity index (χ4n) is 3.64. The van der Waals surface area contributed by atoms with Crippen LogP contribution in [0, 0.1) is 11.7 Å². The number of hydrogen-bond donors (Lipinski definition) is 2. The van der Waals surface area contributed by atoms with E-state index in [0.29, 0.717) is 25.6 Å². The van der Waals surface area contributed by atoms with Crippen LogP contribution in [-0.4, -0.2) is 41.1 Å². The largest absolute Gasteiger partial charge is 0.390 e. The molecule has 0 saturated carbocycles. The van der Waals surface area contributed by atoms with Crippen LogP contribution in [0.25, 0.3) is 0 Å². The number of hydrogen-bond acceptors (Lipinski definition) is 3. The Kier molecular flexibility index (Phi) is 6.86. The van der Waals surface area contributed by atoms with Gasteiger partial charge < -0.3 is 10.4 Å². The molecule has 6 heteroatoms. The summed E-state index contributed by atoms with van der Waals surface area (Å²) in [5.74, 6) is -0.390. The number of nitrogens with one attached hydrogen (secondary N) is 1. The molecule has 1 aliphatic rings. The first kappa shape index (κ1) is 21.0. The molecule has 1 saturated heterocycles. The van der Waals surface area contributed by atoms with Gasteiger partial charge in [0.15, 0.2) is 0 Å². The fourth-order valence-corrected chi connectivity index (χ4v) is 3.90. The zero-order valence-electron chi connectivity index (χ0n) is 16.1. The SMILES string of the molecule is CC(C)CNC(=O)[C@@H]1[C@H](O)[C@@H](c2ccc(F)cc2)CN1Cc1ccc(Br)cc1. The maximum absolute atomic E-state index is 13.3. The first-order valence-electron chi connectivity index (χ1n) is 9.55. The number of benzene rings is 2. The molecule has 4 nitrogen and oxygen atoms in total. The number of carbonyl (C=O) groups excluding carboxylic acids is 1. The normalized spacial score (nSPS) is 22.6. The Morgan fingerprint density at radius 3 is 2.46 bits per heavy atom. The van der Waals surface area contributed by atoms with Gasteiger partial charge in [-0.05, 0) is 41.3 Å². The topological polar surface area (TPSA) is 52.6 Å². The van der Waals surface area contributed by atoms with E-state index >= 15 is 0 Å². The number of aliphatic hydroxyl groups excluding tert-OH is 1. The highest BCUT2D eigenvalue weighted by Crippen LogP contribution is 2.33. The average molecular weight is 449 g/mol. The second kappa shape index (κ2) is 9.16. The molecule has 150 valence electrons. The Labute approximate surface area is 173 Å². The molecule has 2 aromatic carbocycles. The Morgan fingerprint density at radius 2 is 1.86 bits per heavy atom. The Bertz CT molecular complexity index is 795. The van der Waals surface area contributed by atoms with Gasteiger partial charge in [-0.25, -0.2) is 4.39 Å². The molecule has 3 atom stereocenters. The van der Waals surface area contributed by atoms with E-state index in [1.807, 2.05) is 43.0 Å². The van der Waals surface area contributed by atoms with Crippen molar-refractivity contribution in [2.24, 2.45) is 5.92 Å². The number of halogens is 2. The zero-order valence-corrected chi connectivity index (χ0v) is 17.7. The highest BCUT2D eigenvalue weighted by atomic mass is 79.9. The predicted molar refractivity (Wildman–Crippen MR) is 111 cm³/mol. The lowest BCUT2D eigenvalue weighted by Gasteiger charge is -2.25. The van der Waals surface area contributed by atoms with Crippen molar-refractivity contribution in [3.63, 3.8) is 0 Å². The molecule has 0 aromatic heterocycles. The molecular weight excluding hydrogens is 423 g/mol. The molecule has 0 radical (unpaired) electrons. The van der Waals surface area contributed by atoms with Crippen molar-refractivity contribution in [3.8, 4) is 0 Å². The second-order valence-electron chi connectivity index (χ2n) is 7.79. The van der Waals surface area contributed by atoms with Gasteiger partial charge in [0.2, 0.25) is 5.91 Å². The summed E-state index contributed by atoms with van der Waals surface area (Å²) < 4.78 is 14.3. The second-order valence-corrected chi connectivity index (χ2v) is 8.70. The van der Waals surface area contributed by atoms with Gasteiger partial charge in [-0.2, -0.15) is 0 Å². The number of carbonyl (C=O) groups is 1. The lowest BCUT2D eigenvalue weighted by atomic mass is 9.93. The number of likely N-dealkylation sites (tertiary alicyclic amines) is 1. The molecule has 1 aliphatic heterocycles. The summed E-state index contributed by atoms with van der Waals surface area (Å²) in [6.45, 7) is 5.72. The number of amides is 1. The van der Waals surface area contributed by atoms with E-state index in [9.17, 15) is 14.3 Å². The highest BCUT2D eigenvalue weighted by Gasteiger charge is 2.45. The maximum Gasteiger partial charge on any atom is 0.240 e. The lowest BCUT2D eigenvalue weighted by Crippen LogP contribution is -2.48. The van der Waals surface area contributed by atoms with E-state index in [4.69, 9.17) is 0 Å². The smallest absolute Gasteiger partial charge is 0.240 e. The molecule has 0 aliphatic carbocycles. The van der Waals surface area contributed by atoms with Gasteiger partial charge in [0.05, 0.1) is 6.10 Å². The van der Waals surface area contributed by atoms with Crippen molar-refractivity contribution in [2.75, 3.05) is 13.1 Å². The maximum atomic E-state index is 13.3. The van der Waals surface area contributed by atoms with Crippen LogP contribution in [0.15, 0.2) is 53.0 Å². The minimum Gasteiger partial charge on any atom is -0.390 e. The quantitative estimate of drug-likeness (QED) is 0.708. The molecule has 1 heterocycles. The van der Waals surface area contributed by atoms with Gasteiger partial charge in [0.25, 0.3) is 0 Å². The van der Waals surface area contributed by atoms with Crippen LogP contribution in [0.5, 0.6) is 0 Å². The summed E-state index contributed by atoms with van der Waals surface area (Å²) in [4.78, 5) is 14.9. The summed E-state index contributed by atoms with van der Waals surface area (Å²) in [5, 5.41) is 13.9. The molecule has 1 fully saturated rings. The van der Waals surface area contributed by atoms with Crippen molar-refractivity contribution >= 4 is 21.8 Å². The first-order valence-corrected chi connectivity index (χ1v) is 10.3. The molecule has 0 spiro atoms. The minimum atomic E-state index is -0.854. The van der Waals surface area contributed by atoms with Crippen molar-refractivity contribution in [3.05, 3.63) is 69.9 Å². The van der Waals surface area contributed by atoms with E-state index in [1.165, 1.54) is 12.1 Å². The molecule has 1 amide bonds. The minimum absolute atomic E-state index is 0.164. The van der Waals surface area contributed by atoms with Crippen LogP contribution in [-0.2, 0) is 11.3 Å². The number of nitrogens with zero attached hydrogens (tertiary/aromatic N) is 1. The van der Waals surface area contributed by atoms with Crippen molar-refractivity contribution in [1.82, 2.24) is 10.2 Å². The van der Waals surface area contributed by atoms with Gasteiger partial charge in [0.1, 0.15) is 11.9 Å². The Balaban J connectivity index is 1.83. The van der Waals surface area contributed by atoms with E-state index in [2.05, 4.69) is 21.2 Å². The summed E-state index contributed by atoms with van der Waals surface area (Å²) in [6.07, 6.45) is -0.854. The Hall–Kier alpha value is -1.76. The van der Waals surface area contributed by atoms with Gasteiger partial charge >= 0.3 is 0 Å². The highest BCUT2D eigenvalue weighted by molar-refractivity contribution is 9.10. The van der Waals surface area contributed by atoms with E-state index in [0.717, 1.165) is 15.6 Å². The standard InChI is InChI=1S/C22H26BrFN2O2/c1-14(2)11-25-22(28)20-21(27)19(16-5-9-18(24)10-6-16)13-26(20)12-15-3-7-17(23)8-4-15/h3-10,14,19-21,27H,11-13H2,1-2H3,(H,25,28)/t19-,20+,21-/m1/s1. The first-order chi connectivity index (χ1) is 13.3. The van der Waals surface area contributed by atoms with Crippen LogP contribution in [0.4, 0.5) is 4.39 Å². The molecule has 28 heavy (non-hydrogen) atoms. The van der Waals surface area contributed by atoms with Crippen LogP contribution >= 0.6 is 15.9 Å². The van der Waals surface area contributed by atoms with Crippen LogP contribution < -0.4 is 5.32 Å². The molecule has 2 N–H and O–H groups in total. The van der Waals surface area contributed by atoms with Crippen molar-refractivity contribution < 1.29 is 14.3 Å². The van der Waals surface area contributed by atoms with E-state index < -0.39 is 12.1 Å². The van der Waals surface area contributed by atoms with Crippen LogP contribution in [0.2, 0.25) is 0 Å². The molecule has 0 unspecified atom stereocenters. The van der Waals surface area contributed by atoms with Gasteiger partial charge in [-0.1, -0.05) is 54.0 Å². The monoisotopic (exact) mass is 448 g/mol. The zero-order chi connectivity index (χ0) is 20.3. The molecule has 2 aromatic rings. The van der Waals surface area contributed by atoms with Crippen LogP contribution in [0.1, 0.15) is 30.9 Å². The molecule has 0 bridgehead atoms. The number of aliphatic hydroxyl groups is 1. The summed E-state index contributed by atoms with van der Waals surface area (Å²) in [6, 6.07) is 13.5. The third kappa shape index (κ3) is 4.99. The average Bonchev–Trinajstić information content (AvgIpc) is 2.98. The Morgan fingerprint density at radius 1 is 1.21 bits per heavy atom. The summed E-state index contributed by atoms with van der Waals surface area (Å²) in [7, 11) is 0. The van der Waals surface area contributed by atoms with E-state index in [-0.39, 0.29) is 17.6 Å². The number of rotatable bonds is 6.